The van der Waals surface area contributed by atoms with E-state index in [1.807, 2.05) is 35.2 Å². The van der Waals surface area contributed by atoms with Crippen molar-refractivity contribution in [2.24, 2.45) is 5.92 Å². The molecule has 1 atom stereocenters. The second-order valence-corrected chi connectivity index (χ2v) is 4.60. The fourth-order valence-electron chi connectivity index (χ4n) is 2.21. The highest BCUT2D eigenvalue weighted by molar-refractivity contribution is 5.69. The van der Waals surface area contributed by atoms with Crippen molar-refractivity contribution < 1.29 is 9.90 Å². The third-order valence-corrected chi connectivity index (χ3v) is 2.80. The molecule has 1 N–H and O–H groups in total. The Hall–Kier alpha value is -1.79. The third kappa shape index (κ3) is 3.90. The first-order valence-corrected chi connectivity index (χ1v) is 6.00. The molecular weight excluding hydrogens is 226 g/mol. The van der Waals surface area contributed by atoms with Crippen LogP contribution in [0, 0.1) is 18.3 Å². The highest BCUT2D eigenvalue weighted by atomic mass is 16.4. The van der Waals surface area contributed by atoms with Gasteiger partial charge in [-0.25, -0.2) is 0 Å². The first-order chi connectivity index (χ1) is 8.56. The van der Waals surface area contributed by atoms with E-state index in [9.17, 15) is 4.79 Å². The zero-order valence-electron chi connectivity index (χ0n) is 10.8. The van der Waals surface area contributed by atoms with Crippen LogP contribution >= 0.6 is 0 Å². The van der Waals surface area contributed by atoms with Crippen LogP contribution in [-0.4, -0.2) is 29.1 Å². The van der Waals surface area contributed by atoms with Gasteiger partial charge in [0.2, 0.25) is 0 Å². The molecule has 1 aromatic carbocycles. The molecule has 0 radical (unpaired) electrons. The molecule has 18 heavy (non-hydrogen) atoms. The number of carboxylic acids is 1. The summed E-state index contributed by atoms with van der Waals surface area (Å²) in [5.41, 5.74) is 1.10. The molecule has 1 aromatic rings. The van der Waals surface area contributed by atoms with Crippen LogP contribution in [0.3, 0.4) is 0 Å². The van der Waals surface area contributed by atoms with Crippen LogP contribution in [0.4, 0.5) is 0 Å². The number of terminal acetylenes is 1. The molecule has 0 amide bonds. The molecule has 0 aliphatic rings. The summed E-state index contributed by atoms with van der Waals surface area (Å²) in [4.78, 5) is 12.8. The second kappa shape index (κ2) is 6.83. The molecule has 0 saturated carbocycles. The number of benzene rings is 1. The van der Waals surface area contributed by atoms with Crippen molar-refractivity contribution in [2.45, 2.75) is 19.9 Å². The minimum atomic E-state index is -0.855. The van der Waals surface area contributed by atoms with Crippen molar-refractivity contribution in [3.05, 3.63) is 35.9 Å². The Balaban J connectivity index is 3.01. The summed E-state index contributed by atoms with van der Waals surface area (Å²) in [7, 11) is 0. The lowest BCUT2D eigenvalue weighted by molar-refractivity contribution is -0.139. The molecule has 3 heteroatoms. The minimum Gasteiger partial charge on any atom is -0.480 e. The van der Waals surface area contributed by atoms with Crippen LogP contribution in [0.2, 0.25) is 0 Å². The number of carbonyl (C=O) groups is 1. The normalized spacial score (nSPS) is 12.4. The number of hydrogen-bond donors (Lipinski definition) is 1. The fraction of sp³-hybridized carbons (Fsp3) is 0.400. The Kier molecular flexibility index (Phi) is 5.41. The van der Waals surface area contributed by atoms with E-state index < -0.39 is 5.97 Å². The fourth-order valence-corrected chi connectivity index (χ4v) is 2.21. The zero-order chi connectivity index (χ0) is 13.5. The van der Waals surface area contributed by atoms with Gasteiger partial charge in [0.25, 0.3) is 0 Å². The predicted octanol–water partition coefficient (Wildman–Crippen LogP) is 2.40. The van der Waals surface area contributed by atoms with E-state index in [1.165, 1.54) is 0 Å². The van der Waals surface area contributed by atoms with Gasteiger partial charge in [-0.2, -0.15) is 0 Å². The van der Waals surface area contributed by atoms with Gasteiger partial charge in [-0.05, 0) is 11.5 Å². The molecule has 1 rings (SSSR count). The van der Waals surface area contributed by atoms with Crippen LogP contribution in [0.1, 0.15) is 25.5 Å². The second-order valence-electron chi connectivity index (χ2n) is 4.60. The minimum absolute atomic E-state index is 0.0262. The number of carboxylic acid groups (broad SMARTS) is 1. The summed E-state index contributed by atoms with van der Waals surface area (Å²) >= 11 is 0. The molecule has 0 spiro atoms. The molecule has 0 saturated heterocycles. The number of aliphatic carboxylic acids is 1. The Bertz CT molecular complexity index is 420. The molecule has 0 aliphatic carbocycles. The maximum atomic E-state index is 10.9. The lowest BCUT2D eigenvalue weighted by Crippen LogP contribution is -2.36. The average molecular weight is 245 g/mol. The molecule has 0 aromatic heterocycles. The number of hydrogen-bond acceptors (Lipinski definition) is 2. The molecule has 0 heterocycles. The van der Waals surface area contributed by atoms with E-state index in [-0.39, 0.29) is 12.6 Å². The van der Waals surface area contributed by atoms with Crippen molar-refractivity contribution in [3.8, 4) is 12.3 Å². The van der Waals surface area contributed by atoms with Crippen LogP contribution < -0.4 is 0 Å². The number of nitrogens with zero attached hydrogens (tertiary/aromatic N) is 1. The molecule has 96 valence electrons. The highest BCUT2D eigenvalue weighted by Gasteiger charge is 2.24. The maximum absolute atomic E-state index is 10.9. The standard InChI is InChI=1S/C15H19NO2/c1-4-10-16(11-14(17)18)15(12(2)3)13-8-6-5-7-9-13/h1,5-9,12,15H,10-11H2,2-3H3,(H,17,18). The quantitative estimate of drug-likeness (QED) is 0.782. The average Bonchev–Trinajstić information content (AvgIpc) is 2.29. The van der Waals surface area contributed by atoms with Gasteiger partial charge in [0, 0.05) is 6.04 Å². The van der Waals surface area contributed by atoms with E-state index in [0.29, 0.717) is 12.5 Å². The van der Waals surface area contributed by atoms with Crippen molar-refractivity contribution in [3.63, 3.8) is 0 Å². The van der Waals surface area contributed by atoms with Crippen molar-refractivity contribution in [2.75, 3.05) is 13.1 Å². The Morgan fingerprint density at radius 2 is 2.00 bits per heavy atom. The smallest absolute Gasteiger partial charge is 0.317 e. The first kappa shape index (κ1) is 14.3. The van der Waals surface area contributed by atoms with Gasteiger partial charge in [0.15, 0.2) is 0 Å². The summed E-state index contributed by atoms with van der Waals surface area (Å²) in [6, 6.07) is 9.91. The highest BCUT2D eigenvalue weighted by Crippen LogP contribution is 2.27. The molecule has 3 nitrogen and oxygen atoms in total. The van der Waals surface area contributed by atoms with Gasteiger partial charge in [-0.1, -0.05) is 50.1 Å². The van der Waals surface area contributed by atoms with E-state index in [4.69, 9.17) is 11.5 Å². The summed E-state index contributed by atoms with van der Waals surface area (Å²) in [6.07, 6.45) is 5.34. The monoisotopic (exact) mass is 245 g/mol. The van der Waals surface area contributed by atoms with Crippen LogP contribution in [0.5, 0.6) is 0 Å². The van der Waals surface area contributed by atoms with E-state index in [1.54, 1.807) is 0 Å². The van der Waals surface area contributed by atoms with Gasteiger partial charge in [-0.3, -0.25) is 9.69 Å². The maximum Gasteiger partial charge on any atom is 0.317 e. The Labute approximate surface area is 108 Å². The molecule has 0 bridgehead atoms. The largest absolute Gasteiger partial charge is 0.480 e. The van der Waals surface area contributed by atoms with Gasteiger partial charge >= 0.3 is 5.97 Å². The van der Waals surface area contributed by atoms with Crippen LogP contribution in [0.25, 0.3) is 0 Å². The molecule has 1 unspecified atom stereocenters. The van der Waals surface area contributed by atoms with Crippen molar-refractivity contribution >= 4 is 5.97 Å². The predicted molar refractivity (Wildman–Crippen MR) is 72.1 cm³/mol. The molecule has 0 aliphatic heterocycles. The van der Waals surface area contributed by atoms with Gasteiger partial charge in [0.1, 0.15) is 0 Å². The van der Waals surface area contributed by atoms with E-state index >= 15 is 0 Å². The summed E-state index contributed by atoms with van der Waals surface area (Å²) in [6.45, 7) is 4.44. The van der Waals surface area contributed by atoms with E-state index in [0.717, 1.165) is 5.56 Å². The third-order valence-electron chi connectivity index (χ3n) is 2.80. The summed E-state index contributed by atoms with van der Waals surface area (Å²) in [5, 5.41) is 8.98. The van der Waals surface area contributed by atoms with Gasteiger partial charge in [0.05, 0.1) is 13.1 Å². The van der Waals surface area contributed by atoms with Gasteiger partial charge < -0.3 is 5.11 Å². The topological polar surface area (TPSA) is 40.5 Å². The summed E-state index contributed by atoms with van der Waals surface area (Å²) < 4.78 is 0. The van der Waals surface area contributed by atoms with Crippen LogP contribution in [0.15, 0.2) is 30.3 Å². The van der Waals surface area contributed by atoms with Crippen LogP contribution in [-0.2, 0) is 4.79 Å². The molecular formula is C15H19NO2. The van der Waals surface area contributed by atoms with E-state index in [2.05, 4.69) is 19.8 Å². The SMILES string of the molecule is C#CCN(CC(=O)O)C(c1ccccc1)C(C)C. The van der Waals surface area contributed by atoms with Gasteiger partial charge in [-0.15, -0.1) is 6.42 Å². The zero-order valence-corrected chi connectivity index (χ0v) is 10.8. The summed E-state index contributed by atoms with van der Waals surface area (Å²) in [5.74, 6) is 1.98. The van der Waals surface area contributed by atoms with Crippen molar-refractivity contribution in [1.29, 1.82) is 0 Å². The van der Waals surface area contributed by atoms with Crippen molar-refractivity contribution in [1.82, 2.24) is 4.90 Å². The Morgan fingerprint density at radius 3 is 2.44 bits per heavy atom. The Morgan fingerprint density at radius 1 is 1.39 bits per heavy atom. The lowest BCUT2D eigenvalue weighted by atomic mass is 9.94. The number of rotatable bonds is 6. The molecule has 0 fully saturated rings. The first-order valence-electron chi connectivity index (χ1n) is 6.00. The lowest BCUT2D eigenvalue weighted by Gasteiger charge is -2.32.